The van der Waals surface area contributed by atoms with Crippen LogP contribution in [0, 0.1) is 5.82 Å². The summed E-state index contributed by atoms with van der Waals surface area (Å²) in [4.78, 5) is 0. The van der Waals surface area contributed by atoms with Crippen molar-refractivity contribution in [1.82, 2.24) is 5.32 Å². The molecule has 1 saturated carbocycles. The highest BCUT2D eigenvalue weighted by Crippen LogP contribution is 2.19. The topological polar surface area (TPSA) is 52.5 Å². The number of halogens is 1. The molecule has 3 nitrogen and oxygen atoms in total. The molecule has 0 aromatic heterocycles. The first-order valence-corrected chi connectivity index (χ1v) is 7.02. The lowest BCUT2D eigenvalue weighted by Gasteiger charge is -2.23. The first-order valence-electron chi connectivity index (χ1n) is 7.02. The fourth-order valence-electron chi connectivity index (χ4n) is 2.59. The zero-order valence-corrected chi connectivity index (χ0v) is 11.1. The van der Waals surface area contributed by atoms with Crippen molar-refractivity contribution in [3.05, 3.63) is 35.6 Å². The SMILES string of the molecule is OC(CNC1CCCCCC1O)c1ccc(F)cc1. The van der Waals surface area contributed by atoms with Gasteiger partial charge in [-0.1, -0.05) is 31.4 Å². The number of hydrogen-bond donors (Lipinski definition) is 3. The van der Waals surface area contributed by atoms with Gasteiger partial charge in [-0.15, -0.1) is 0 Å². The molecule has 1 aliphatic rings. The summed E-state index contributed by atoms with van der Waals surface area (Å²) in [6.45, 7) is 0.382. The van der Waals surface area contributed by atoms with Crippen LogP contribution in [-0.2, 0) is 0 Å². The van der Waals surface area contributed by atoms with Gasteiger partial charge in [-0.25, -0.2) is 4.39 Å². The van der Waals surface area contributed by atoms with E-state index in [0.717, 1.165) is 32.1 Å². The van der Waals surface area contributed by atoms with Gasteiger partial charge in [0.1, 0.15) is 5.82 Å². The van der Waals surface area contributed by atoms with Gasteiger partial charge in [0.25, 0.3) is 0 Å². The molecule has 4 heteroatoms. The molecule has 0 heterocycles. The van der Waals surface area contributed by atoms with Crippen molar-refractivity contribution in [2.24, 2.45) is 0 Å². The van der Waals surface area contributed by atoms with Gasteiger partial charge in [0.15, 0.2) is 0 Å². The van der Waals surface area contributed by atoms with E-state index in [2.05, 4.69) is 5.32 Å². The van der Waals surface area contributed by atoms with E-state index >= 15 is 0 Å². The molecule has 0 saturated heterocycles. The molecule has 1 fully saturated rings. The highest BCUT2D eigenvalue weighted by atomic mass is 19.1. The summed E-state index contributed by atoms with van der Waals surface area (Å²) in [6.07, 6.45) is 4.11. The number of hydrogen-bond acceptors (Lipinski definition) is 3. The molecule has 1 aliphatic carbocycles. The van der Waals surface area contributed by atoms with Crippen LogP contribution >= 0.6 is 0 Å². The van der Waals surface area contributed by atoms with E-state index in [9.17, 15) is 14.6 Å². The molecule has 0 bridgehead atoms. The monoisotopic (exact) mass is 267 g/mol. The Balaban J connectivity index is 1.85. The van der Waals surface area contributed by atoms with Crippen LogP contribution in [-0.4, -0.2) is 28.9 Å². The van der Waals surface area contributed by atoms with Gasteiger partial charge in [-0.3, -0.25) is 0 Å². The zero-order chi connectivity index (χ0) is 13.7. The van der Waals surface area contributed by atoms with E-state index < -0.39 is 6.10 Å². The van der Waals surface area contributed by atoms with E-state index in [1.54, 1.807) is 12.1 Å². The second-order valence-electron chi connectivity index (χ2n) is 5.29. The van der Waals surface area contributed by atoms with Crippen LogP contribution in [0.2, 0.25) is 0 Å². The third-order valence-electron chi connectivity index (χ3n) is 3.81. The van der Waals surface area contributed by atoms with E-state index in [1.165, 1.54) is 12.1 Å². The molecule has 0 radical (unpaired) electrons. The van der Waals surface area contributed by atoms with Crippen molar-refractivity contribution in [2.75, 3.05) is 6.54 Å². The van der Waals surface area contributed by atoms with Crippen LogP contribution in [0.4, 0.5) is 4.39 Å². The lowest BCUT2D eigenvalue weighted by Crippen LogP contribution is -2.41. The lowest BCUT2D eigenvalue weighted by molar-refractivity contribution is 0.104. The van der Waals surface area contributed by atoms with E-state index in [-0.39, 0.29) is 18.0 Å². The second-order valence-corrected chi connectivity index (χ2v) is 5.29. The molecule has 3 atom stereocenters. The Morgan fingerprint density at radius 2 is 1.84 bits per heavy atom. The molecule has 3 N–H and O–H groups in total. The maximum absolute atomic E-state index is 12.8. The molecule has 1 aromatic carbocycles. The van der Waals surface area contributed by atoms with E-state index in [4.69, 9.17) is 0 Å². The Kier molecular flexibility index (Phi) is 5.31. The molecule has 19 heavy (non-hydrogen) atoms. The molecule has 3 unspecified atom stereocenters. The van der Waals surface area contributed by atoms with Crippen LogP contribution in [0.3, 0.4) is 0 Å². The lowest BCUT2D eigenvalue weighted by atomic mass is 10.0. The molecular formula is C15H22FNO2. The second kappa shape index (κ2) is 6.98. The molecule has 0 amide bonds. The molecule has 106 valence electrons. The van der Waals surface area contributed by atoms with Crippen LogP contribution < -0.4 is 5.32 Å². The molecule has 1 aromatic rings. The van der Waals surface area contributed by atoms with Crippen LogP contribution in [0.15, 0.2) is 24.3 Å². The number of aliphatic hydroxyl groups excluding tert-OH is 2. The number of aliphatic hydroxyl groups is 2. The third-order valence-corrected chi connectivity index (χ3v) is 3.81. The standard InChI is InChI=1S/C15H22FNO2/c16-12-8-6-11(7-9-12)15(19)10-17-13-4-2-1-3-5-14(13)18/h6-9,13-15,17-19H,1-5,10H2. The fourth-order valence-corrected chi connectivity index (χ4v) is 2.59. The predicted octanol–water partition coefficient (Wildman–Crippen LogP) is 2.14. The van der Waals surface area contributed by atoms with Gasteiger partial charge in [0, 0.05) is 12.6 Å². The minimum atomic E-state index is -0.670. The van der Waals surface area contributed by atoms with Gasteiger partial charge in [0.2, 0.25) is 0 Å². The molecular weight excluding hydrogens is 245 g/mol. The van der Waals surface area contributed by atoms with Crippen molar-refractivity contribution in [2.45, 2.75) is 50.4 Å². The minimum absolute atomic E-state index is 0.0533. The summed E-state index contributed by atoms with van der Waals surface area (Å²) in [5.74, 6) is -0.303. The average Bonchev–Trinajstić information content (AvgIpc) is 2.61. The Bertz CT molecular complexity index is 382. The summed E-state index contributed by atoms with van der Waals surface area (Å²) in [7, 11) is 0. The number of rotatable bonds is 4. The van der Waals surface area contributed by atoms with Crippen molar-refractivity contribution >= 4 is 0 Å². The first kappa shape index (κ1) is 14.4. The van der Waals surface area contributed by atoms with Crippen molar-refractivity contribution in [3.63, 3.8) is 0 Å². The first-order chi connectivity index (χ1) is 9.16. The summed E-state index contributed by atoms with van der Waals surface area (Å²) >= 11 is 0. The Hall–Kier alpha value is -0.970. The van der Waals surface area contributed by atoms with Gasteiger partial charge in [0.05, 0.1) is 12.2 Å². The van der Waals surface area contributed by atoms with Crippen molar-refractivity contribution in [1.29, 1.82) is 0 Å². The van der Waals surface area contributed by atoms with Gasteiger partial charge < -0.3 is 15.5 Å². The normalized spacial score (nSPS) is 25.8. The number of benzene rings is 1. The maximum Gasteiger partial charge on any atom is 0.123 e. The van der Waals surface area contributed by atoms with Crippen molar-refractivity contribution < 1.29 is 14.6 Å². The predicted molar refractivity (Wildman–Crippen MR) is 72.2 cm³/mol. The number of nitrogens with one attached hydrogen (secondary N) is 1. The summed E-state index contributed by atoms with van der Waals surface area (Å²) < 4.78 is 12.8. The average molecular weight is 267 g/mol. The Morgan fingerprint density at radius 1 is 1.16 bits per heavy atom. The Morgan fingerprint density at radius 3 is 2.58 bits per heavy atom. The zero-order valence-electron chi connectivity index (χ0n) is 11.1. The third kappa shape index (κ3) is 4.27. The molecule has 2 rings (SSSR count). The van der Waals surface area contributed by atoms with E-state index in [0.29, 0.717) is 12.1 Å². The highest BCUT2D eigenvalue weighted by molar-refractivity contribution is 5.18. The summed E-state index contributed by atoms with van der Waals surface area (Å²) in [6, 6.07) is 5.92. The van der Waals surface area contributed by atoms with Crippen LogP contribution in [0.5, 0.6) is 0 Å². The van der Waals surface area contributed by atoms with Gasteiger partial charge >= 0.3 is 0 Å². The minimum Gasteiger partial charge on any atom is -0.392 e. The molecule has 0 spiro atoms. The smallest absolute Gasteiger partial charge is 0.123 e. The maximum atomic E-state index is 12.8. The highest BCUT2D eigenvalue weighted by Gasteiger charge is 2.21. The summed E-state index contributed by atoms with van der Waals surface area (Å²) in [5, 5.41) is 23.2. The van der Waals surface area contributed by atoms with Crippen LogP contribution in [0.1, 0.15) is 43.8 Å². The fraction of sp³-hybridized carbons (Fsp3) is 0.600. The largest absolute Gasteiger partial charge is 0.392 e. The Labute approximate surface area is 113 Å². The van der Waals surface area contributed by atoms with Crippen molar-refractivity contribution in [3.8, 4) is 0 Å². The summed E-state index contributed by atoms with van der Waals surface area (Å²) in [5.41, 5.74) is 0.692. The van der Waals surface area contributed by atoms with Gasteiger partial charge in [-0.2, -0.15) is 0 Å². The molecule has 0 aliphatic heterocycles. The van der Waals surface area contributed by atoms with E-state index in [1.807, 2.05) is 0 Å². The van der Waals surface area contributed by atoms with Crippen LogP contribution in [0.25, 0.3) is 0 Å². The quantitative estimate of drug-likeness (QED) is 0.733. The van der Waals surface area contributed by atoms with Gasteiger partial charge in [-0.05, 0) is 30.5 Å².